The number of rotatable bonds is 6. The van der Waals surface area contributed by atoms with E-state index in [1.165, 1.54) is 21.8 Å². The molecule has 1 aromatic carbocycles. The molecule has 2 heterocycles. The van der Waals surface area contributed by atoms with E-state index in [4.69, 9.17) is 4.74 Å². The molecule has 0 bridgehead atoms. The highest BCUT2D eigenvalue weighted by Crippen LogP contribution is 2.16. The van der Waals surface area contributed by atoms with Gasteiger partial charge in [0.2, 0.25) is 5.91 Å². The second-order valence-corrected chi connectivity index (χ2v) is 5.81. The van der Waals surface area contributed by atoms with Crippen LogP contribution in [-0.4, -0.2) is 37.8 Å². The molecular formula is C18H19N5O4. The Morgan fingerprint density at radius 1 is 1.26 bits per heavy atom. The Hall–Kier alpha value is -3.49. The van der Waals surface area contributed by atoms with Crippen molar-refractivity contribution in [2.75, 3.05) is 11.9 Å². The quantitative estimate of drug-likeness (QED) is 0.657. The van der Waals surface area contributed by atoms with Crippen LogP contribution in [0.25, 0.3) is 11.0 Å². The van der Waals surface area contributed by atoms with Crippen LogP contribution in [0, 0.1) is 0 Å². The number of fused-ring (bicyclic) bond motifs is 1. The highest BCUT2D eigenvalue weighted by Gasteiger charge is 2.14. The molecule has 0 unspecified atom stereocenters. The fourth-order valence-corrected chi connectivity index (χ4v) is 2.64. The van der Waals surface area contributed by atoms with E-state index >= 15 is 0 Å². The van der Waals surface area contributed by atoms with E-state index < -0.39 is 5.97 Å². The maximum absolute atomic E-state index is 12.4. The number of para-hydroxylation sites is 1. The van der Waals surface area contributed by atoms with Gasteiger partial charge in [0, 0.05) is 20.0 Å². The summed E-state index contributed by atoms with van der Waals surface area (Å²) in [6.45, 7) is 2.11. The Labute approximate surface area is 154 Å². The number of ether oxygens (including phenoxy) is 1. The van der Waals surface area contributed by atoms with Crippen LogP contribution in [-0.2, 0) is 23.1 Å². The molecule has 0 aliphatic rings. The van der Waals surface area contributed by atoms with E-state index in [0.717, 1.165) is 0 Å². The molecule has 0 fully saturated rings. The Morgan fingerprint density at radius 3 is 2.81 bits per heavy atom. The molecule has 9 heteroatoms. The number of anilines is 1. The van der Waals surface area contributed by atoms with E-state index in [-0.39, 0.29) is 36.6 Å². The van der Waals surface area contributed by atoms with E-state index in [2.05, 4.69) is 15.4 Å². The van der Waals surface area contributed by atoms with Crippen molar-refractivity contribution in [3.8, 4) is 0 Å². The van der Waals surface area contributed by atoms with E-state index in [0.29, 0.717) is 16.7 Å². The highest BCUT2D eigenvalue weighted by atomic mass is 16.5. The summed E-state index contributed by atoms with van der Waals surface area (Å²) in [5.41, 5.74) is 0.884. The lowest BCUT2D eigenvalue weighted by atomic mass is 10.1. The molecule has 27 heavy (non-hydrogen) atoms. The number of aromatic nitrogens is 4. The monoisotopic (exact) mass is 369 g/mol. The highest BCUT2D eigenvalue weighted by molar-refractivity contribution is 6.01. The summed E-state index contributed by atoms with van der Waals surface area (Å²) in [7, 11) is 1.70. The molecule has 3 rings (SSSR count). The number of hydrogen-bond acceptors (Lipinski definition) is 6. The summed E-state index contributed by atoms with van der Waals surface area (Å²) >= 11 is 0. The smallest absolute Gasteiger partial charge is 0.340 e. The summed E-state index contributed by atoms with van der Waals surface area (Å²) in [5.74, 6) is -0.833. The van der Waals surface area contributed by atoms with Gasteiger partial charge >= 0.3 is 5.97 Å². The predicted molar refractivity (Wildman–Crippen MR) is 98.4 cm³/mol. The number of hydrogen-bond donors (Lipinski definition) is 1. The molecule has 1 amide bonds. The molecule has 2 aromatic heterocycles. The lowest BCUT2D eigenvalue weighted by molar-refractivity contribution is -0.116. The van der Waals surface area contributed by atoms with Crippen LogP contribution in [0.2, 0.25) is 0 Å². The molecule has 0 saturated heterocycles. The van der Waals surface area contributed by atoms with Gasteiger partial charge in [0.05, 0.1) is 30.4 Å². The maximum Gasteiger partial charge on any atom is 0.340 e. The van der Waals surface area contributed by atoms with E-state index in [1.54, 1.807) is 38.2 Å². The van der Waals surface area contributed by atoms with Crippen LogP contribution < -0.4 is 10.9 Å². The van der Waals surface area contributed by atoms with Crippen LogP contribution in [0.5, 0.6) is 0 Å². The average molecular weight is 369 g/mol. The van der Waals surface area contributed by atoms with Gasteiger partial charge in [-0.05, 0) is 19.1 Å². The van der Waals surface area contributed by atoms with Crippen LogP contribution in [0.4, 0.5) is 5.69 Å². The largest absolute Gasteiger partial charge is 0.462 e. The predicted octanol–water partition coefficient (Wildman–Crippen LogP) is 1.34. The minimum Gasteiger partial charge on any atom is -0.462 e. The Kier molecular flexibility index (Phi) is 5.30. The van der Waals surface area contributed by atoms with Gasteiger partial charge in [-0.1, -0.05) is 12.1 Å². The van der Waals surface area contributed by atoms with Gasteiger partial charge in [0.15, 0.2) is 5.65 Å². The molecule has 1 N–H and O–H groups in total. The summed E-state index contributed by atoms with van der Waals surface area (Å²) in [5, 5.41) is 7.09. The lowest BCUT2D eigenvalue weighted by Gasteiger charge is -2.11. The Morgan fingerprint density at radius 2 is 2.04 bits per heavy atom. The van der Waals surface area contributed by atoms with Gasteiger partial charge in [-0.2, -0.15) is 5.10 Å². The first kappa shape index (κ1) is 18.3. The number of benzene rings is 1. The van der Waals surface area contributed by atoms with Gasteiger partial charge in [-0.25, -0.2) is 9.78 Å². The Balaban J connectivity index is 1.70. The van der Waals surface area contributed by atoms with Gasteiger partial charge in [0.1, 0.15) is 5.39 Å². The minimum atomic E-state index is -0.504. The maximum atomic E-state index is 12.4. The van der Waals surface area contributed by atoms with Crippen molar-refractivity contribution in [2.45, 2.75) is 19.9 Å². The van der Waals surface area contributed by atoms with Crippen LogP contribution in [0.3, 0.4) is 0 Å². The normalized spacial score (nSPS) is 10.7. The summed E-state index contributed by atoms with van der Waals surface area (Å²) < 4.78 is 7.86. The van der Waals surface area contributed by atoms with Crippen LogP contribution >= 0.6 is 0 Å². The average Bonchev–Trinajstić information content (AvgIpc) is 3.03. The van der Waals surface area contributed by atoms with Crippen molar-refractivity contribution in [1.82, 2.24) is 19.3 Å². The van der Waals surface area contributed by atoms with Crippen LogP contribution in [0.15, 0.2) is 41.6 Å². The number of amides is 1. The molecule has 9 nitrogen and oxygen atoms in total. The topological polar surface area (TPSA) is 108 Å². The van der Waals surface area contributed by atoms with Crippen molar-refractivity contribution in [3.63, 3.8) is 0 Å². The third kappa shape index (κ3) is 3.86. The molecule has 0 radical (unpaired) electrons. The molecular weight excluding hydrogens is 350 g/mol. The first-order valence-electron chi connectivity index (χ1n) is 8.44. The molecule has 0 aliphatic heterocycles. The van der Waals surface area contributed by atoms with Gasteiger partial charge in [-0.15, -0.1) is 0 Å². The van der Waals surface area contributed by atoms with Crippen molar-refractivity contribution in [1.29, 1.82) is 0 Å². The first-order chi connectivity index (χ1) is 13.0. The molecule has 140 valence electrons. The van der Waals surface area contributed by atoms with Crippen molar-refractivity contribution < 1.29 is 14.3 Å². The molecule has 0 aliphatic carbocycles. The van der Waals surface area contributed by atoms with E-state index in [9.17, 15) is 14.4 Å². The lowest BCUT2D eigenvalue weighted by Crippen LogP contribution is -2.24. The Bertz CT molecular complexity index is 1050. The standard InChI is InChI=1S/C18H19N5O4/c1-3-27-18(26)12-6-4-5-7-14(12)21-15(24)8-9-23-11-19-16-13(17(23)25)10-20-22(16)2/h4-7,10-11H,3,8-9H2,1-2H3,(H,21,24). The van der Waals surface area contributed by atoms with Crippen molar-refractivity contribution in [3.05, 3.63) is 52.7 Å². The minimum absolute atomic E-state index is 0.0461. The fourth-order valence-electron chi connectivity index (χ4n) is 2.64. The zero-order valence-electron chi connectivity index (χ0n) is 15.0. The van der Waals surface area contributed by atoms with Gasteiger partial charge in [-0.3, -0.25) is 18.8 Å². The molecule has 0 saturated carbocycles. The summed E-state index contributed by atoms with van der Waals surface area (Å²) in [4.78, 5) is 40.8. The number of carbonyl (C=O) groups is 2. The van der Waals surface area contributed by atoms with Gasteiger partial charge < -0.3 is 10.1 Å². The number of carbonyl (C=O) groups excluding carboxylic acids is 2. The second kappa shape index (κ2) is 7.81. The van der Waals surface area contributed by atoms with Gasteiger partial charge in [0.25, 0.3) is 5.56 Å². The number of nitrogens with zero attached hydrogens (tertiary/aromatic N) is 4. The third-order valence-corrected chi connectivity index (χ3v) is 3.99. The summed E-state index contributed by atoms with van der Waals surface area (Å²) in [6.07, 6.45) is 2.90. The SMILES string of the molecule is CCOC(=O)c1ccccc1NC(=O)CCn1cnc2c(cnn2C)c1=O. The molecule has 0 spiro atoms. The van der Waals surface area contributed by atoms with Crippen molar-refractivity contribution in [2.24, 2.45) is 7.05 Å². The second-order valence-electron chi connectivity index (χ2n) is 5.81. The van der Waals surface area contributed by atoms with Crippen molar-refractivity contribution >= 4 is 28.6 Å². The zero-order valence-corrected chi connectivity index (χ0v) is 15.0. The summed E-state index contributed by atoms with van der Waals surface area (Å²) in [6, 6.07) is 6.61. The number of nitrogens with one attached hydrogen (secondary N) is 1. The van der Waals surface area contributed by atoms with Crippen LogP contribution in [0.1, 0.15) is 23.7 Å². The fraction of sp³-hybridized carbons (Fsp3) is 0.278. The van der Waals surface area contributed by atoms with E-state index in [1.807, 2.05) is 0 Å². The molecule has 0 atom stereocenters. The zero-order chi connectivity index (χ0) is 19.4. The molecule has 3 aromatic rings. The third-order valence-electron chi connectivity index (χ3n) is 3.99. The number of esters is 1. The number of aryl methyl sites for hydroxylation is 2. The first-order valence-corrected chi connectivity index (χ1v) is 8.44.